The Morgan fingerprint density at radius 3 is 2.73 bits per heavy atom. The Balaban J connectivity index is 3.22. The highest BCUT2D eigenvalue weighted by atomic mass is 32.2. The molecule has 0 heterocycles. The molecule has 0 aromatic heterocycles. The molecular weight excluding hydrogens is 164 g/mol. The van der Waals surface area contributed by atoms with Gasteiger partial charge in [-0.25, -0.2) is 0 Å². The van der Waals surface area contributed by atoms with E-state index >= 15 is 0 Å². The van der Waals surface area contributed by atoms with Crippen LogP contribution in [0.4, 0.5) is 0 Å². The first-order valence-electron chi connectivity index (χ1n) is 3.64. The van der Waals surface area contributed by atoms with Crippen LogP contribution in [0.25, 0.3) is 0 Å². The highest BCUT2D eigenvalue weighted by molar-refractivity contribution is 7.99. The van der Waals surface area contributed by atoms with Crippen molar-refractivity contribution in [1.29, 1.82) is 0 Å². The number of aliphatic carboxylic acids is 1. The Morgan fingerprint density at radius 2 is 2.27 bits per heavy atom. The minimum Gasteiger partial charge on any atom is -0.481 e. The monoisotopic (exact) mass is 178 g/mol. The molecule has 66 valence electrons. The van der Waals surface area contributed by atoms with Crippen molar-refractivity contribution >= 4 is 17.7 Å². The molecule has 0 amide bonds. The van der Waals surface area contributed by atoms with Gasteiger partial charge in [0.05, 0.1) is 12.5 Å². The van der Waals surface area contributed by atoms with Crippen molar-refractivity contribution < 1.29 is 15.0 Å². The third kappa shape index (κ3) is 7.68. The number of rotatable bonds is 6. The van der Waals surface area contributed by atoms with E-state index < -0.39 is 12.1 Å². The molecule has 0 aliphatic carbocycles. The van der Waals surface area contributed by atoms with Gasteiger partial charge in [0, 0.05) is 5.75 Å². The van der Waals surface area contributed by atoms with E-state index in [0.717, 1.165) is 12.2 Å². The van der Waals surface area contributed by atoms with Crippen molar-refractivity contribution in [3.8, 4) is 0 Å². The molecule has 11 heavy (non-hydrogen) atoms. The van der Waals surface area contributed by atoms with Gasteiger partial charge < -0.3 is 10.2 Å². The lowest BCUT2D eigenvalue weighted by atomic mass is 10.3. The van der Waals surface area contributed by atoms with E-state index in [2.05, 4.69) is 6.92 Å². The molecule has 0 saturated carbocycles. The molecule has 2 N–H and O–H groups in total. The molecule has 0 radical (unpaired) electrons. The Hall–Kier alpha value is -0.220. The first-order valence-corrected chi connectivity index (χ1v) is 4.80. The van der Waals surface area contributed by atoms with Crippen LogP contribution < -0.4 is 0 Å². The maximum atomic E-state index is 10.1. The quantitative estimate of drug-likeness (QED) is 0.595. The van der Waals surface area contributed by atoms with E-state index in [-0.39, 0.29) is 6.42 Å². The summed E-state index contributed by atoms with van der Waals surface area (Å²) in [7, 11) is 0. The molecule has 0 fully saturated rings. The molecule has 1 unspecified atom stereocenters. The number of carboxylic acids is 1. The maximum Gasteiger partial charge on any atom is 0.306 e. The van der Waals surface area contributed by atoms with E-state index in [4.69, 9.17) is 10.2 Å². The zero-order valence-electron chi connectivity index (χ0n) is 6.62. The number of thioether (sulfide) groups is 1. The topological polar surface area (TPSA) is 57.5 Å². The van der Waals surface area contributed by atoms with Gasteiger partial charge in [-0.2, -0.15) is 11.8 Å². The third-order valence-electron chi connectivity index (χ3n) is 1.07. The average Bonchev–Trinajstić information content (AvgIpc) is 1.86. The molecule has 0 aliphatic heterocycles. The third-order valence-corrected chi connectivity index (χ3v) is 2.39. The van der Waals surface area contributed by atoms with Gasteiger partial charge in [-0.05, 0) is 12.2 Å². The van der Waals surface area contributed by atoms with E-state index in [1.165, 1.54) is 0 Å². The van der Waals surface area contributed by atoms with E-state index in [1.54, 1.807) is 11.8 Å². The Labute approximate surface area is 70.8 Å². The van der Waals surface area contributed by atoms with Gasteiger partial charge in [0.15, 0.2) is 0 Å². The summed E-state index contributed by atoms with van der Waals surface area (Å²) in [5.41, 5.74) is 0. The average molecular weight is 178 g/mol. The molecule has 0 aliphatic rings. The van der Waals surface area contributed by atoms with Gasteiger partial charge in [0.1, 0.15) is 0 Å². The zero-order valence-corrected chi connectivity index (χ0v) is 7.43. The van der Waals surface area contributed by atoms with Crippen molar-refractivity contribution in [1.82, 2.24) is 0 Å². The van der Waals surface area contributed by atoms with Crippen LogP contribution in [-0.2, 0) is 4.79 Å². The van der Waals surface area contributed by atoms with Crippen LogP contribution in [0.1, 0.15) is 19.8 Å². The smallest absolute Gasteiger partial charge is 0.306 e. The van der Waals surface area contributed by atoms with Gasteiger partial charge in [0.25, 0.3) is 0 Å². The van der Waals surface area contributed by atoms with Crippen LogP contribution in [-0.4, -0.2) is 33.8 Å². The lowest BCUT2D eigenvalue weighted by Gasteiger charge is -2.05. The van der Waals surface area contributed by atoms with Gasteiger partial charge in [0.2, 0.25) is 0 Å². The predicted molar refractivity (Wildman–Crippen MR) is 45.9 cm³/mol. The van der Waals surface area contributed by atoms with Crippen molar-refractivity contribution in [3.05, 3.63) is 0 Å². The molecule has 0 aromatic carbocycles. The highest BCUT2D eigenvalue weighted by Gasteiger charge is 2.08. The minimum atomic E-state index is -0.936. The van der Waals surface area contributed by atoms with Gasteiger partial charge >= 0.3 is 5.97 Å². The Bertz CT molecular complexity index is 116. The van der Waals surface area contributed by atoms with Gasteiger partial charge in [-0.3, -0.25) is 4.79 Å². The first-order chi connectivity index (χ1) is 5.16. The van der Waals surface area contributed by atoms with Crippen LogP contribution >= 0.6 is 11.8 Å². The van der Waals surface area contributed by atoms with Crippen LogP contribution in [0, 0.1) is 0 Å². The lowest BCUT2D eigenvalue weighted by Crippen LogP contribution is -2.15. The normalized spacial score (nSPS) is 12.9. The Kier molecular flexibility index (Phi) is 6.36. The van der Waals surface area contributed by atoms with E-state index in [9.17, 15) is 4.79 Å². The number of hydrogen-bond donors (Lipinski definition) is 2. The van der Waals surface area contributed by atoms with Crippen molar-refractivity contribution in [2.45, 2.75) is 25.9 Å². The summed E-state index contributed by atoms with van der Waals surface area (Å²) in [6, 6.07) is 0. The van der Waals surface area contributed by atoms with Crippen LogP contribution in [0.2, 0.25) is 0 Å². The van der Waals surface area contributed by atoms with Crippen molar-refractivity contribution in [2.75, 3.05) is 11.5 Å². The standard InChI is InChI=1S/C7H14O3S/c1-2-3-11-5-6(8)4-7(9)10/h6,8H,2-5H2,1H3,(H,9,10). The number of carbonyl (C=O) groups is 1. The number of aliphatic hydroxyl groups excluding tert-OH is 1. The highest BCUT2D eigenvalue weighted by Crippen LogP contribution is 2.06. The molecule has 4 heteroatoms. The van der Waals surface area contributed by atoms with Crippen molar-refractivity contribution in [3.63, 3.8) is 0 Å². The molecule has 3 nitrogen and oxygen atoms in total. The molecule has 0 rings (SSSR count). The zero-order chi connectivity index (χ0) is 8.69. The molecule has 0 spiro atoms. The second kappa shape index (κ2) is 6.49. The lowest BCUT2D eigenvalue weighted by molar-refractivity contribution is -0.138. The fourth-order valence-corrected chi connectivity index (χ4v) is 1.47. The summed E-state index contributed by atoms with van der Waals surface area (Å²) in [5.74, 6) is 0.575. The van der Waals surface area contributed by atoms with E-state index in [0.29, 0.717) is 5.75 Å². The second-order valence-corrected chi connectivity index (χ2v) is 3.48. The second-order valence-electron chi connectivity index (χ2n) is 2.33. The summed E-state index contributed by atoms with van der Waals surface area (Å²) in [6.45, 7) is 2.05. The fourth-order valence-electron chi connectivity index (χ4n) is 0.624. The number of hydrogen-bond acceptors (Lipinski definition) is 3. The first kappa shape index (κ1) is 10.8. The molecular formula is C7H14O3S. The summed E-state index contributed by atoms with van der Waals surface area (Å²) >= 11 is 1.59. The fraction of sp³-hybridized carbons (Fsp3) is 0.857. The van der Waals surface area contributed by atoms with Gasteiger partial charge in [-0.15, -0.1) is 0 Å². The number of aliphatic hydroxyl groups is 1. The summed E-state index contributed by atoms with van der Waals surface area (Å²) < 4.78 is 0. The minimum absolute atomic E-state index is 0.142. The molecule has 0 bridgehead atoms. The predicted octanol–water partition coefficient (Wildman–Crippen LogP) is 0.965. The molecule has 0 saturated heterocycles. The summed E-state index contributed by atoms with van der Waals surface area (Å²) in [4.78, 5) is 10.1. The molecule has 1 atom stereocenters. The van der Waals surface area contributed by atoms with Crippen LogP contribution in [0.15, 0.2) is 0 Å². The van der Waals surface area contributed by atoms with Gasteiger partial charge in [-0.1, -0.05) is 6.92 Å². The van der Waals surface area contributed by atoms with E-state index in [1.807, 2.05) is 0 Å². The number of carboxylic acid groups (broad SMARTS) is 1. The van der Waals surface area contributed by atoms with Crippen molar-refractivity contribution in [2.24, 2.45) is 0 Å². The van der Waals surface area contributed by atoms with Crippen LogP contribution in [0.5, 0.6) is 0 Å². The SMILES string of the molecule is CCCSCC(O)CC(=O)O. The maximum absolute atomic E-state index is 10.1. The summed E-state index contributed by atoms with van der Waals surface area (Å²) in [6.07, 6.45) is 0.227. The molecule has 0 aromatic rings. The largest absolute Gasteiger partial charge is 0.481 e. The Morgan fingerprint density at radius 1 is 1.64 bits per heavy atom. The summed E-state index contributed by atoms with van der Waals surface area (Å²) in [5, 5.41) is 17.3. The van der Waals surface area contributed by atoms with Crippen LogP contribution in [0.3, 0.4) is 0 Å².